The lowest BCUT2D eigenvalue weighted by molar-refractivity contribution is -0.143. The van der Waals surface area contributed by atoms with Gasteiger partial charge in [-0.1, -0.05) is 69.2 Å². The monoisotopic (exact) mass is 1740 g/mol. The number of carbonyl (C=O) groups is 19. The second-order valence-electron chi connectivity index (χ2n) is 31.5. The van der Waals surface area contributed by atoms with Crippen LogP contribution in [-0.2, 0) is 91.1 Å². The third kappa shape index (κ3) is 44.5. The van der Waals surface area contributed by atoms with E-state index in [1.807, 2.05) is 10.6 Å². The molecule has 0 aromatic rings. The van der Waals surface area contributed by atoms with Gasteiger partial charge in [-0.05, 0) is 108 Å². The maximum Gasteiger partial charge on any atom is 0.328 e. The molecule has 0 rings (SSSR count). The summed E-state index contributed by atoms with van der Waals surface area (Å²) in [5.41, 5.74) is 44.1. The molecule has 49 nitrogen and oxygen atoms in total. The summed E-state index contributed by atoms with van der Waals surface area (Å²) in [6, 6.07) is -26.5. The van der Waals surface area contributed by atoms with Crippen LogP contribution in [0.2, 0.25) is 0 Å². The molecule has 0 aliphatic carbocycles. The van der Waals surface area contributed by atoms with E-state index in [2.05, 4.69) is 73.8 Å². The van der Waals surface area contributed by atoms with Crippen LogP contribution in [0, 0.1) is 29.6 Å². The summed E-state index contributed by atoms with van der Waals surface area (Å²) < 4.78 is 0. The number of aliphatic carboxylic acids is 2. The largest absolute Gasteiger partial charge is 0.481 e. The highest BCUT2D eigenvalue weighted by molar-refractivity contribution is 6.02. The Bertz CT molecular complexity index is 3630. The van der Waals surface area contributed by atoms with Crippen molar-refractivity contribution in [3.8, 4) is 0 Å². The van der Waals surface area contributed by atoms with Crippen molar-refractivity contribution in [3.63, 3.8) is 0 Å². The molecule has 0 heterocycles. The summed E-state index contributed by atoms with van der Waals surface area (Å²) >= 11 is 0. The molecule has 692 valence electrons. The molecule has 0 aromatic heterocycles. The van der Waals surface area contributed by atoms with E-state index in [1.165, 1.54) is 0 Å². The van der Waals surface area contributed by atoms with Crippen LogP contribution in [0.25, 0.3) is 0 Å². The standard InChI is InChI=1S/C73H130N24O25/c1-31(2)21-41(86-57(107)38(74)15-13-19-82-72(78)79)60(110)85-40(17-18-51(75)102)58(108)87-42(22-32(3)4)62(112)94-49(29-98)68(118)90-47(27-53(77)104)65(115)91-48(28-54(105)106)66(116)89-46(26-52(76)103)64(114)84-39(16-14-20-83-73(80)81)59(109)96-55(36(11)100)69(119)93-45(25-35(9)10)67(117)97-56(37(12)101)70(120)92-44(24-34(7)8)61(111)88-43(23-33(5)6)63(113)95-50(30-99)71(121)122/h31-50,55-56,98-101H,13-30,74H2,1-12H3,(H2,75,102)(H2,76,103)(H2,77,104)(H,84,114)(H,85,110)(H,86,107)(H,87,108)(H,88,111)(H,89,116)(H,90,118)(H,91,115)(H,92,120)(H,93,119)(H,94,112)(H,95,113)(H,96,109)(H,97,117)(H,105,106)(H,121,122)(H4,78,79,82)(H4,80,81,83)/t36-,37-,38+,39+,40+,41+,42+,43+,44+,45+,46+,47+,48+,49+,50+,55+,56+/m1/s1. The number of carbonyl (C=O) groups excluding carboxylic acids is 17. The Morgan fingerprint density at radius 1 is 0.287 bits per heavy atom. The maximum atomic E-state index is 14.4. The van der Waals surface area contributed by atoms with Gasteiger partial charge in [0.05, 0.1) is 50.7 Å². The highest BCUT2D eigenvalue weighted by Gasteiger charge is 2.41. The number of aliphatic hydroxyl groups excluding tert-OH is 4. The number of amides is 17. The number of carboxylic acid groups (broad SMARTS) is 2. The smallest absolute Gasteiger partial charge is 0.328 e. The van der Waals surface area contributed by atoms with Gasteiger partial charge in [0.25, 0.3) is 0 Å². The van der Waals surface area contributed by atoms with Gasteiger partial charge in [-0.3, -0.25) is 96.3 Å². The molecule has 0 bridgehead atoms. The molecule has 49 heteroatoms. The fourth-order valence-electron chi connectivity index (χ4n) is 11.6. The van der Waals surface area contributed by atoms with Crippen molar-refractivity contribution >= 4 is 124 Å². The van der Waals surface area contributed by atoms with Gasteiger partial charge in [-0.25, -0.2) is 4.79 Å². The van der Waals surface area contributed by atoms with E-state index in [1.54, 1.807) is 69.2 Å². The number of rotatable bonds is 60. The zero-order valence-electron chi connectivity index (χ0n) is 70.9. The molecule has 0 aromatic carbocycles. The maximum absolute atomic E-state index is 14.4. The van der Waals surface area contributed by atoms with Crippen molar-refractivity contribution < 1.29 is 122 Å². The molecule has 0 unspecified atom stereocenters. The van der Waals surface area contributed by atoms with Crippen LogP contribution in [0.3, 0.4) is 0 Å². The minimum absolute atomic E-state index is 0.0198. The van der Waals surface area contributed by atoms with Crippen LogP contribution in [-0.4, -0.2) is 284 Å². The molecule has 17 atom stereocenters. The van der Waals surface area contributed by atoms with Gasteiger partial charge in [0.2, 0.25) is 100 Å². The third-order valence-corrected chi connectivity index (χ3v) is 17.7. The molecule has 0 aliphatic heterocycles. The molecular formula is C73H130N24O25. The number of hydrogen-bond donors (Lipinski definition) is 28. The quantitative estimate of drug-likeness (QED) is 0.0153. The Kier molecular flexibility index (Phi) is 50.6. The molecule has 0 aliphatic rings. The zero-order chi connectivity index (χ0) is 93.9. The first kappa shape index (κ1) is 110. The lowest BCUT2D eigenvalue weighted by atomic mass is 9.99. The Morgan fingerprint density at radius 2 is 0.533 bits per heavy atom. The van der Waals surface area contributed by atoms with Crippen LogP contribution >= 0.6 is 0 Å². The highest BCUT2D eigenvalue weighted by Crippen LogP contribution is 2.16. The zero-order valence-corrected chi connectivity index (χ0v) is 70.9. The van der Waals surface area contributed by atoms with Crippen LogP contribution in [0.4, 0.5) is 0 Å². The van der Waals surface area contributed by atoms with Gasteiger partial charge >= 0.3 is 11.9 Å². The topological polar surface area (TPSA) is 847 Å². The van der Waals surface area contributed by atoms with E-state index in [-0.39, 0.29) is 88.2 Å². The molecule has 122 heavy (non-hydrogen) atoms. The number of nitrogens with two attached hydrogens (primary N) is 8. The summed E-state index contributed by atoms with van der Waals surface area (Å²) in [7, 11) is 0. The van der Waals surface area contributed by atoms with Gasteiger partial charge in [0.15, 0.2) is 11.9 Å². The summed E-state index contributed by atoms with van der Waals surface area (Å²) in [5, 5.41) is 93.5. The molecule has 0 spiro atoms. The number of nitrogens with one attached hydrogen (secondary N) is 14. The first-order chi connectivity index (χ1) is 56.6. The van der Waals surface area contributed by atoms with Crippen molar-refractivity contribution in [2.24, 2.45) is 85.4 Å². The second-order valence-corrected chi connectivity index (χ2v) is 31.5. The summed E-state index contributed by atoms with van der Waals surface area (Å²) in [4.78, 5) is 265. The minimum Gasteiger partial charge on any atom is -0.481 e. The van der Waals surface area contributed by atoms with Crippen molar-refractivity contribution in [1.82, 2.24) is 74.4 Å². The molecular weight excluding hydrogens is 1610 g/mol. The number of hydrogen-bond acceptors (Lipinski definition) is 26. The molecule has 36 N–H and O–H groups in total. The lowest BCUT2D eigenvalue weighted by Gasteiger charge is -2.30. The predicted molar refractivity (Wildman–Crippen MR) is 436 cm³/mol. The Morgan fingerprint density at radius 3 is 0.828 bits per heavy atom. The molecule has 0 saturated heterocycles. The van der Waals surface area contributed by atoms with Crippen LogP contribution in [0.15, 0.2) is 9.98 Å². The van der Waals surface area contributed by atoms with Crippen LogP contribution < -0.4 is 120 Å². The van der Waals surface area contributed by atoms with Gasteiger partial charge in [-0.2, -0.15) is 0 Å². The fourth-order valence-corrected chi connectivity index (χ4v) is 11.6. The molecule has 0 radical (unpaired) electrons. The van der Waals surface area contributed by atoms with Gasteiger partial charge in [0, 0.05) is 19.5 Å². The van der Waals surface area contributed by atoms with E-state index in [0.717, 1.165) is 13.8 Å². The van der Waals surface area contributed by atoms with Crippen molar-refractivity contribution in [3.05, 3.63) is 0 Å². The van der Waals surface area contributed by atoms with Gasteiger partial charge < -0.3 is 151 Å². The van der Waals surface area contributed by atoms with Crippen LogP contribution in [0.1, 0.15) is 173 Å². The van der Waals surface area contributed by atoms with Crippen molar-refractivity contribution in [2.75, 3.05) is 26.3 Å². The molecule has 0 saturated carbocycles. The predicted octanol–water partition coefficient (Wildman–Crippen LogP) is -11.2. The minimum atomic E-state index is -2.33. The van der Waals surface area contributed by atoms with Gasteiger partial charge in [-0.15, -0.1) is 0 Å². The number of aliphatic imine (C=N–C) groups is 2. The van der Waals surface area contributed by atoms with E-state index in [9.17, 15) is 122 Å². The Labute approximate surface area is 705 Å². The van der Waals surface area contributed by atoms with Crippen molar-refractivity contribution in [1.29, 1.82) is 0 Å². The lowest BCUT2D eigenvalue weighted by Crippen LogP contribution is -2.63. The summed E-state index contributed by atoms with van der Waals surface area (Å²) in [6.07, 6.45) is -9.00. The average Bonchev–Trinajstić information content (AvgIpc) is 0.848. The third-order valence-electron chi connectivity index (χ3n) is 17.7. The summed E-state index contributed by atoms with van der Waals surface area (Å²) in [5.74, 6) is -26.0. The second kappa shape index (κ2) is 56.0. The van der Waals surface area contributed by atoms with E-state index < -0.39 is 285 Å². The molecule has 17 amide bonds. The van der Waals surface area contributed by atoms with Gasteiger partial charge in [0.1, 0.15) is 84.6 Å². The van der Waals surface area contributed by atoms with E-state index >= 15 is 0 Å². The Balaban J connectivity index is 7.20. The molecule has 0 fully saturated rings. The first-order valence-electron chi connectivity index (χ1n) is 39.6. The van der Waals surface area contributed by atoms with Crippen molar-refractivity contribution in [2.45, 2.75) is 276 Å². The average molecular weight is 1740 g/mol. The number of nitrogens with zero attached hydrogens (tertiary/aromatic N) is 2. The van der Waals surface area contributed by atoms with E-state index in [0.29, 0.717) is 0 Å². The number of guanidine groups is 2. The first-order valence-corrected chi connectivity index (χ1v) is 39.6. The highest BCUT2D eigenvalue weighted by atomic mass is 16.4. The van der Waals surface area contributed by atoms with E-state index in [4.69, 9.17) is 45.9 Å². The van der Waals surface area contributed by atoms with Crippen LogP contribution in [0.5, 0.6) is 0 Å². The Hall–Kier alpha value is -11.7. The number of primary amides is 3. The SMILES string of the molecule is CC(C)C[C@H](NC(=O)[C@H](CC(C)C)NC(=O)[C@@H](NC(=O)[C@H](CC(C)C)NC(=O)[C@@H](NC(=O)[C@H](CCCN=C(N)N)NC(=O)[C@H](CC(N)=O)NC(=O)[C@H](CC(=O)O)NC(=O)[C@H](CC(N)=O)NC(=O)[C@H](CO)NC(=O)[C@H](CC(C)C)NC(=O)[C@H](CCC(N)=O)NC(=O)[C@H](CC(C)C)NC(=O)[C@@H](N)CCCN=C(N)N)[C@@H](C)O)[C@@H](C)O)C(=O)N[C@@H](CO)C(=O)O. The number of carboxylic acids is 2. The summed E-state index contributed by atoms with van der Waals surface area (Å²) in [6.45, 7) is 16.5. The normalized spacial score (nSPS) is 15.4. The number of aliphatic hydroxyl groups is 4. The fraction of sp³-hybridized carbons (Fsp3) is 0.712.